The Hall–Kier alpha value is -2.79. The smallest absolute Gasteiger partial charge is 0.275 e. The highest BCUT2D eigenvalue weighted by Crippen LogP contribution is 2.27. The van der Waals surface area contributed by atoms with Crippen molar-refractivity contribution < 1.29 is 14.3 Å². The zero-order valence-electron chi connectivity index (χ0n) is 14.6. The number of aliphatic imine (C=N–C) groups is 1. The number of rotatable bonds is 6. The number of carbonyl (C=O) groups excluding carboxylic acids is 1. The Morgan fingerprint density at radius 1 is 1.08 bits per heavy atom. The summed E-state index contributed by atoms with van der Waals surface area (Å²) in [6, 6.07) is 13.1. The molecule has 0 spiro atoms. The molecule has 0 aliphatic carbocycles. The topological polar surface area (TPSA) is 59.9 Å². The average molecular weight is 371 g/mol. The van der Waals surface area contributed by atoms with Gasteiger partial charge in [0.15, 0.2) is 0 Å². The molecule has 0 fully saturated rings. The maximum atomic E-state index is 12.2. The van der Waals surface area contributed by atoms with Crippen LogP contribution in [0.5, 0.6) is 11.5 Å². The minimum absolute atomic E-state index is 0.214. The van der Waals surface area contributed by atoms with Gasteiger partial charge in [0.05, 0.1) is 14.2 Å². The van der Waals surface area contributed by atoms with Crippen LogP contribution >= 0.6 is 11.6 Å². The van der Waals surface area contributed by atoms with Crippen molar-refractivity contribution in [1.82, 2.24) is 5.32 Å². The normalized spacial score (nSPS) is 15.0. The zero-order chi connectivity index (χ0) is 18.5. The number of nitrogens with one attached hydrogen (secondary N) is 1. The van der Waals surface area contributed by atoms with Crippen molar-refractivity contribution in [2.45, 2.75) is 12.8 Å². The Morgan fingerprint density at radius 2 is 1.85 bits per heavy atom. The summed E-state index contributed by atoms with van der Waals surface area (Å²) in [6.07, 6.45) is 3.13. The molecule has 2 aromatic carbocycles. The molecule has 0 radical (unpaired) electrons. The lowest BCUT2D eigenvalue weighted by Gasteiger charge is -2.07. The molecular weight excluding hydrogens is 352 g/mol. The van der Waals surface area contributed by atoms with Crippen LogP contribution in [0.4, 0.5) is 0 Å². The van der Waals surface area contributed by atoms with Gasteiger partial charge in [-0.2, -0.15) is 0 Å². The Bertz CT molecular complexity index is 873. The number of hydrogen-bond donors (Lipinski definition) is 1. The second-order valence-corrected chi connectivity index (χ2v) is 6.21. The number of methoxy groups -OCH3 is 2. The summed E-state index contributed by atoms with van der Waals surface area (Å²) < 4.78 is 10.5. The molecule has 1 amide bonds. The monoisotopic (exact) mass is 370 g/mol. The molecule has 0 saturated heterocycles. The first kappa shape index (κ1) is 18.0. The molecule has 134 valence electrons. The Labute approximate surface area is 157 Å². The maximum Gasteiger partial charge on any atom is 0.275 e. The fourth-order valence-corrected chi connectivity index (χ4v) is 2.76. The summed E-state index contributed by atoms with van der Waals surface area (Å²) in [4.78, 5) is 16.6. The molecule has 1 N–H and O–H groups in total. The Morgan fingerprint density at radius 3 is 2.54 bits per heavy atom. The molecule has 5 nitrogen and oxygen atoms in total. The van der Waals surface area contributed by atoms with E-state index in [0.29, 0.717) is 34.5 Å². The van der Waals surface area contributed by atoms with Gasteiger partial charge in [-0.15, -0.1) is 0 Å². The van der Waals surface area contributed by atoms with Crippen molar-refractivity contribution in [1.29, 1.82) is 0 Å². The van der Waals surface area contributed by atoms with Crippen molar-refractivity contribution in [3.05, 3.63) is 64.3 Å². The average Bonchev–Trinajstić information content (AvgIpc) is 3.01. The maximum absolute atomic E-state index is 12.2. The number of amides is 1. The van der Waals surface area contributed by atoms with Gasteiger partial charge in [0.25, 0.3) is 5.91 Å². The van der Waals surface area contributed by atoms with Crippen molar-refractivity contribution in [3.63, 3.8) is 0 Å². The largest absolute Gasteiger partial charge is 0.497 e. The van der Waals surface area contributed by atoms with E-state index in [4.69, 9.17) is 21.1 Å². The van der Waals surface area contributed by atoms with Crippen LogP contribution in [0.3, 0.4) is 0 Å². The number of carbonyl (C=O) groups is 1. The number of nitrogens with zero attached hydrogens (tertiary/aromatic N) is 1. The van der Waals surface area contributed by atoms with E-state index in [1.807, 2.05) is 36.4 Å². The third-order valence-electron chi connectivity index (χ3n) is 4.04. The summed E-state index contributed by atoms with van der Waals surface area (Å²) in [7, 11) is 3.17. The van der Waals surface area contributed by atoms with E-state index in [2.05, 4.69) is 10.3 Å². The van der Waals surface area contributed by atoms with Crippen LogP contribution in [0.15, 0.2) is 53.2 Å². The molecule has 2 aromatic rings. The fraction of sp³-hybridized carbons (Fsp3) is 0.200. The van der Waals surface area contributed by atoms with Gasteiger partial charge < -0.3 is 14.8 Å². The zero-order valence-corrected chi connectivity index (χ0v) is 15.3. The molecule has 3 rings (SSSR count). The molecule has 1 aliphatic rings. The van der Waals surface area contributed by atoms with Crippen molar-refractivity contribution in [2.75, 3.05) is 14.2 Å². The van der Waals surface area contributed by atoms with Gasteiger partial charge in [-0.25, -0.2) is 4.99 Å². The fourth-order valence-electron chi connectivity index (χ4n) is 2.63. The lowest BCUT2D eigenvalue weighted by molar-refractivity contribution is -0.115. The standard InChI is InChI=1S/C20H19ClN2O3/c1-25-16-9-6-14(18(12-16)26-2)11-17-20(24)23-19(22-17)10-5-13-3-7-15(21)8-4-13/h3-4,6-9,11-12H,5,10H2,1-2H3,(H,22,23,24)/b17-11+. The summed E-state index contributed by atoms with van der Waals surface area (Å²) >= 11 is 5.89. The first-order valence-corrected chi connectivity index (χ1v) is 8.54. The Kier molecular flexibility index (Phi) is 5.58. The molecule has 0 atom stereocenters. The number of aryl methyl sites for hydroxylation is 1. The molecule has 1 heterocycles. The minimum Gasteiger partial charge on any atom is -0.497 e. The minimum atomic E-state index is -0.214. The molecule has 0 aromatic heterocycles. The second-order valence-electron chi connectivity index (χ2n) is 5.78. The van der Waals surface area contributed by atoms with E-state index in [0.717, 1.165) is 17.5 Å². The van der Waals surface area contributed by atoms with Gasteiger partial charge in [0.2, 0.25) is 0 Å². The summed E-state index contributed by atoms with van der Waals surface area (Å²) in [5, 5.41) is 3.52. The van der Waals surface area contributed by atoms with Crippen molar-refractivity contribution >= 4 is 29.4 Å². The highest BCUT2D eigenvalue weighted by atomic mass is 35.5. The number of halogens is 1. The first-order valence-electron chi connectivity index (χ1n) is 8.16. The van der Waals surface area contributed by atoms with Crippen molar-refractivity contribution in [2.24, 2.45) is 4.99 Å². The predicted molar refractivity (Wildman–Crippen MR) is 103 cm³/mol. The Balaban J connectivity index is 1.75. The third-order valence-corrected chi connectivity index (χ3v) is 4.29. The number of benzene rings is 2. The van der Waals surface area contributed by atoms with E-state index in [9.17, 15) is 4.79 Å². The molecular formula is C20H19ClN2O3. The SMILES string of the molecule is COc1ccc(/C=C2/N=C(CCc3ccc(Cl)cc3)NC2=O)c(OC)c1. The highest BCUT2D eigenvalue weighted by Gasteiger charge is 2.20. The van der Waals surface area contributed by atoms with Gasteiger partial charge in [0.1, 0.15) is 23.0 Å². The van der Waals surface area contributed by atoms with Gasteiger partial charge in [-0.05, 0) is 42.3 Å². The van der Waals surface area contributed by atoms with Gasteiger partial charge in [-0.1, -0.05) is 23.7 Å². The first-order chi connectivity index (χ1) is 12.6. The summed E-state index contributed by atoms with van der Waals surface area (Å²) in [6.45, 7) is 0. The molecule has 1 aliphatic heterocycles. The third kappa shape index (κ3) is 4.24. The van der Waals surface area contributed by atoms with Crippen LogP contribution in [-0.2, 0) is 11.2 Å². The molecule has 0 bridgehead atoms. The highest BCUT2D eigenvalue weighted by molar-refractivity contribution is 6.30. The quantitative estimate of drug-likeness (QED) is 0.785. The van der Waals surface area contributed by atoms with E-state index >= 15 is 0 Å². The van der Waals surface area contributed by atoms with Gasteiger partial charge in [-0.3, -0.25) is 4.79 Å². The molecule has 26 heavy (non-hydrogen) atoms. The van der Waals surface area contributed by atoms with E-state index in [1.165, 1.54) is 0 Å². The van der Waals surface area contributed by atoms with Crippen LogP contribution < -0.4 is 14.8 Å². The number of hydrogen-bond acceptors (Lipinski definition) is 4. The van der Waals surface area contributed by atoms with E-state index < -0.39 is 0 Å². The van der Waals surface area contributed by atoms with Crippen LogP contribution in [0.1, 0.15) is 17.5 Å². The number of ether oxygens (including phenoxy) is 2. The second kappa shape index (κ2) is 8.06. The molecule has 6 heteroatoms. The van der Waals surface area contributed by atoms with Gasteiger partial charge in [0, 0.05) is 23.1 Å². The lowest BCUT2D eigenvalue weighted by atomic mass is 10.1. The molecule has 0 saturated carbocycles. The van der Waals surface area contributed by atoms with Crippen molar-refractivity contribution in [3.8, 4) is 11.5 Å². The van der Waals surface area contributed by atoms with Crippen LogP contribution in [0.25, 0.3) is 6.08 Å². The summed E-state index contributed by atoms with van der Waals surface area (Å²) in [5.74, 6) is 1.75. The predicted octanol–water partition coefficient (Wildman–Crippen LogP) is 3.86. The van der Waals surface area contributed by atoms with Crippen LogP contribution in [0.2, 0.25) is 5.02 Å². The van der Waals surface area contributed by atoms with Crippen LogP contribution in [-0.4, -0.2) is 26.0 Å². The van der Waals surface area contributed by atoms with E-state index in [1.54, 1.807) is 26.4 Å². The van der Waals surface area contributed by atoms with Crippen LogP contribution in [0, 0.1) is 0 Å². The van der Waals surface area contributed by atoms with E-state index in [-0.39, 0.29) is 5.91 Å². The lowest BCUT2D eigenvalue weighted by Crippen LogP contribution is -2.24. The molecule has 0 unspecified atom stereocenters. The van der Waals surface area contributed by atoms with Gasteiger partial charge >= 0.3 is 0 Å². The summed E-state index contributed by atoms with van der Waals surface area (Å²) in [5.41, 5.74) is 2.27. The number of amidine groups is 1.